The van der Waals surface area contributed by atoms with E-state index in [0.29, 0.717) is 19.0 Å². The second kappa shape index (κ2) is 10.7. The van der Waals surface area contributed by atoms with Gasteiger partial charge < -0.3 is 10.6 Å². The molecule has 1 fully saturated rings. The van der Waals surface area contributed by atoms with Gasteiger partial charge in [-0.25, -0.2) is 0 Å². The van der Waals surface area contributed by atoms with Crippen molar-refractivity contribution < 1.29 is 9.59 Å². The summed E-state index contributed by atoms with van der Waals surface area (Å²) >= 11 is 0. The van der Waals surface area contributed by atoms with Crippen molar-refractivity contribution in [3.8, 4) is 0 Å². The maximum Gasteiger partial charge on any atom is 0.229 e. The molecule has 2 aliphatic rings. The highest BCUT2D eigenvalue weighted by Gasteiger charge is 2.16. The number of carbonyl (C=O) groups excluding carboxylic acids is 2. The molecule has 0 unspecified atom stereocenters. The first-order valence-corrected chi connectivity index (χ1v) is 9.92. The zero-order valence-corrected chi connectivity index (χ0v) is 16.2. The quantitative estimate of drug-likeness (QED) is 0.743. The van der Waals surface area contributed by atoms with Crippen molar-refractivity contribution in [3.63, 3.8) is 0 Å². The number of nitrogens with zero attached hydrogens (tertiary/aromatic N) is 3. The molecule has 28 heavy (non-hydrogen) atoms. The van der Waals surface area contributed by atoms with Crippen molar-refractivity contribution in [2.24, 2.45) is 5.92 Å². The summed E-state index contributed by atoms with van der Waals surface area (Å²) in [7, 11) is 0. The third-order valence-electron chi connectivity index (χ3n) is 4.96. The summed E-state index contributed by atoms with van der Waals surface area (Å²) in [6.07, 6.45) is 10.3. The van der Waals surface area contributed by atoms with Gasteiger partial charge in [0.05, 0.1) is 5.69 Å². The fraction of sp³-hybridized carbons (Fsp3) is 0.476. The Kier molecular flexibility index (Phi) is 7.75. The summed E-state index contributed by atoms with van der Waals surface area (Å²) in [6.45, 7) is 6.00. The second-order valence-electron chi connectivity index (χ2n) is 7.21. The lowest BCUT2D eigenvalue weighted by Crippen LogP contribution is -2.41. The normalized spacial score (nSPS) is 20.9. The van der Waals surface area contributed by atoms with E-state index in [-0.39, 0.29) is 18.2 Å². The monoisotopic (exact) mass is 383 g/mol. The zero-order valence-electron chi connectivity index (χ0n) is 16.2. The summed E-state index contributed by atoms with van der Waals surface area (Å²) in [5.74, 6) is -0.0332. The third kappa shape index (κ3) is 6.90. The van der Waals surface area contributed by atoms with Gasteiger partial charge >= 0.3 is 0 Å². The number of nitrogens with one attached hydrogen (secondary N) is 2. The Bertz CT molecular complexity index is 692. The highest BCUT2D eigenvalue weighted by Crippen LogP contribution is 2.11. The highest BCUT2D eigenvalue weighted by atomic mass is 16.2. The van der Waals surface area contributed by atoms with E-state index in [1.807, 2.05) is 18.2 Å². The molecule has 2 amide bonds. The van der Waals surface area contributed by atoms with Crippen LogP contribution in [0.4, 0.5) is 0 Å². The molecule has 1 saturated heterocycles. The molecular weight excluding hydrogens is 354 g/mol. The van der Waals surface area contributed by atoms with E-state index >= 15 is 0 Å². The van der Waals surface area contributed by atoms with Crippen molar-refractivity contribution >= 4 is 11.8 Å². The molecule has 1 aliphatic heterocycles. The molecule has 2 N–H and O–H groups in total. The number of aromatic nitrogens is 1. The van der Waals surface area contributed by atoms with Gasteiger partial charge in [-0.15, -0.1) is 0 Å². The van der Waals surface area contributed by atoms with Gasteiger partial charge in [0.2, 0.25) is 11.8 Å². The van der Waals surface area contributed by atoms with Crippen LogP contribution in [0, 0.1) is 5.92 Å². The molecule has 0 atom stereocenters. The maximum atomic E-state index is 11.9. The van der Waals surface area contributed by atoms with Crippen molar-refractivity contribution in [2.45, 2.75) is 13.0 Å². The van der Waals surface area contributed by atoms with Crippen LogP contribution < -0.4 is 10.6 Å². The molecule has 0 bridgehead atoms. The SMILES string of the molecule is O=C1CC(=O)NCCN(CC2C=CC=C2)CCN(Cc2ccccn2)CCN1. The van der Waals surface area contributed by atoms with Crippen LogP contribution in [-0.4, -0.2) is 72.4 Å². The first-order valence-electron chi connectivity index (χ1n) is 9.92. The number of carbonyl (C=O) groups is 2. The molecular formula is C21H29N5O2. The minimum atomic E-state index is -0.229. The summed E-state index contributed by atoms with van der Waals surface area (Å²) in [4.78, 5) is 33.0. The van der Waals surface area contributed by atoms with Crippen LogP contribution in [0.15, 0.2) is 48.7 Å². The molecule has 150 valence electrons. The van der Waals surface area contributed by atoms with Gasteiger partial charge in [0.25, 0.3) is 0 Å². The average Bonchev–Trinajstić information content (AvgIpc) is 3.19. The largest absolute Gasteiger partial charge is 0.354 e. The van der Waals surface area contributed by atoms with Crippen LogP contribution in [0.3, 0.4) is 0 Å². The minimum Gasteiger partial charge on any atom is -0.354 e. The number of hydrogen-bond acceptors (Lipinski definition) is 5. The second-order valence-corrected chi connectivity index (χ2v) is 7.21. The lowest BCUT2D eigenvalue weighted by molar-refractivity contribution is -0.129. The predicted octanol–water partition coefficient (Wildman–Crippen LogP) is 0.564. The Morgan fingerprint density at radius 3 is 2.29 bits per heavy atom. The van der Waals surface area contributed by atoms with E-state index in [1.54, 1.807) is 6.20 Å². The number of amides is 2. The van der Waals surface area contributed by atoms with Gasteiger partial charge in [0, 0.05) is 64.5 Å². The van der Waals surface area contributed by atoms with E-state index in [0.717, 1.165) is 45.0 Å². The Balaban J connectivity index is 1.64. The summed E-state index contributed by atoms with van der Waals surface area (Å²) in [5.41, 5.74) is 1.02. The van der Waals surface area contributed by atoms with E-state index in [1.165, 1.54) is 0 Å². The summed E-state index contributed by atoms with van der Waals surface area (Å²) in [6, 6.07) is 5.93. The Labute approximate surface area is 166 Å². The molecule has 3 rings (SSSR count). The molecule has 7 heteroatoms. The van der Waals surface area contributed by atoms with E-state index in [4.69, 9.17) is 0 Å². The van der Waals surface area contributed by atoms with Crippen LogP contribution in [-0.2, 0) is 16.1 Å². The van der Waals surface area contributed by atoms with Crippen LogP contribution in [0.5, 0.6) is 0 Å². The van der Waals surface area contributed by atoms with E-state index in [9.17, 15) is 9.59 Å². The Morgan fingerprint density at radius 1 is 0.929 bits per heavy atom. The maximum absolute atomic E-state index is 11.9. The molecule has 1 aliphatic carbocycles. The fourth-order valence-electron chi connectivity index (χ4n) is 3.44. The summed E-state index contributed by atoms with van der Waals surface area (Å²) in [5, 5.41) is 5.70. The summed E-state index contributed by atoms with van der Waals surface area (Å²) < 4.78 is 0. The minimum absolute atomic E-state index is 0.117. The van der Waals surface area contributed by atoms with Gasteiger partial charge in [-0.05, 0) is 12.1 Å². The molecule has 7 nitrogen and oxygen atoms in total. The molecule has 0 spiro atoms. The van der Waals surface area contributed by atoms with E-state index in [2.05, 4.69) is 49.7 Å². The number of rotatable bonds is 4. The standard InChI is InChI=1S/C21H29N5O2/c27-20-15-21(28)24-10-12-26(17-19-7-3-4-8-22-19)14-13-25(11-9-23-20)16-18-5-1-2-6-18/h1-8,18H,9-17H2,(H,23,27)(H,24,28). The molecule has 0 radical (unpaired) electrons. The van der Waals surface area contributed by atoms with Crippen molar-refractivity contribution in [2.75, 3.05) is 45.8 Å². The molecule has 1 aromatic rings. The van der Waals surface area contributed by atoms with Crippen LogP contribution in [0.1, 0.15) is 12.1 Å². The first kappa shape index (κ1) is 20.2. The third-order valence-corrected chi connectivity index (χ3v) is 4.96. The first-order chi connectivity index (χ1) is 13.7. The smallest absolute Gasteiger partial charge is 0.229 e. The Morgan fingerprint density at radius 2 is 1.61 bits per heavy atom. The average molecular weight is 383 g/mol. The molecule has 1 aromatic heterocycles. The number of hydrogen-bond donors (Lipinski definition) is 2. The van der Waals surface area contributed by atoms with Gasteiger partial charge in [-0.1, -0.05) is 30.4 Å². The highest BCUT2D eigenvalue weighted by molar-refractivity contribution is 5.96. The van der Waals surface area contributed by atoms with Gasteiger partial charge in [0.15, 0.2) is 0 Å². The number of allylic oxidation sites excluding steroid dienone is 2. The van der Waals surface area contributed by atoms with Crippen molar-refractivity contribution in [3.05, 3.63) is 54.4 Å². The fourth-order valence-corrected chi connectivity index (χ4v) is 3.44. The van der Waals surface area contributed by atoms with Gasteiger partial charge in [-0.2, -0.15) is 0 Å². The lowest BCUT2D eigenvalue weighted by Gasteiger charge is -2.28. The lowest BCUT2D eigenvalue weighted by atomic mass is 10.1. The van der Waals surface area contributed by atoms with Crippen LogP contribution in [0.2, 0.25) is 0 Å². The zero-order chi connectivity index (χ0) is 19.6. The Hall–Kier alpha value is -2.51. The number of pyridine rings is 1. The molecule has 2 heterocycles. The van der Waals surface area contributed by atoms with Crippen LogP contribution in [0.25, 0.3) is 0 Å². The van der Waals surface area contributed by atoms with Gasteiger partial charge in [0.1, 0.15) is 6.42 Å². The molecule has 0 aromatic carbocycles. The van der Waals surface area contributed by atoms with Crippen LogP contribution >= 0.6 is 0 Å². The van der Waals surface area contributed by atoms with Crippen molar-refractivity contribution in [1.29, 1.82) is 0 Å². The van der Waals surface area contributed by atoms with Gasteiger partial charge in [-0.3, -0.25) is 24.4 Å². The topological polar surface area (TPSA) is 77.6 Å². The van der Waals surface area contributed by atoms with Crippen molar-refractivity contribution in [1.82, 2.24) is 25.4 Å². The van der Waals surface area contributed by atoms with E-state index < -0.39 is 0 Å². The molecule has 0 saturated carbocycles. The predicted molar refractivity (Wildman–Crippen MR) is 108 cm³/mol.